The standard InChI is InChI=1S/C17H20ClNO/c1-12-4-6-15(7-5-12)19-8-9-20-16-10-13(2)17(18)14(3)11-16/h4-7,10-11,19H,8-9H2,1-3H3. The molecule has 1 N–H and O–H groups in total. The van der Waals surface area contributed by atoms with Crippen LogP contribution in [0.15, 0.2) is 36.4 Å². The Morgan fingerprint density at radius 2 is 1.60 bits per heavy atom. The van der Waals surface area contributed by atoms with E-state index in [2.05, 4.69) is 36.5 Å². The molecule has 2 aromatic carbocycles. The van der Waals surface area contributed by atoms with Gasteiger partial charge in [-0.3, -0.25) is 0 Å². The number of anilines is 1. The number of benzene rings is 2. The maximum atomic E-state index is 6.14. The minimum atomic E-state index is 0.619. The van der Waals surface area contributed by atoms with E-state index in [4.69, 9.17) is 16.3 Å². The highest BCUT2D eigenvalue weighted by molar-refractivity contribution is 6.32. The van der Waals surface area contributed by atoms with Crippen LogP contribution in [-0.4, -0.2) is 13.2 Å². The number of halogens is 1. The lowest BCUT2D eigenvalue weighted by molar-refractivity contribution is 0.332. The summed E-state index contributed by atoms with van der Waals surface area (Å²) in [5.41, 5.74) is 4.47. The Morgan fingerprint density at radius 3 is 2.20 bits per heavy atom. The summed E-state index contributed by atoms with van der Waals surface area (Å²) in [7, 11) is 0. The molecular formula is C17H20ClNO. The first-order chi connectivity index (χ1) is 9.56. The van der Waals surface area contributed by atoms with Crippen molar-refractivity contribution in [3.05, 3.63) is 58.1 Å². The zero-order chi connectivity index (χ0) is 14.5. The van der Waals surface area contributed by atoms with Crippen LogP contribution in [0, 0.1) is 20.8 Å². The van der Waals surface area contributed by atoms with Gasteiger partial charge in [-0.25, -0.2) is 0 Å². The van der Waals surface area contributed by atoms with Crippen LogP contribution in [0.1, 0.15) is 16.7 Å². The van der Waals surface area contributed by atoms with E-state index in [9.17, 15) is 0 Å². The van der Waals surface area contributed by atoms with Crippen molar-refractivity contribution in [2.24, 2.45) is 0 Å². The molecule has 0 aromatic heterocycles. The Kier molecular flexibility index (Phi) is 4.91. The van der Waals surface area contributed by atoms with Gasteiger partial charge in [0.1, 0.15) is 12.4 Å². The van der Waals surface area contributed by atoms with E-state index in [1.54, 1.807) is 0 Å². The second-order valence-corrected chi connectivity index (χ2v) is 5.39. The smallest absolute Gasteiger partial charge is 0.120 e. The maximum absolute atomic E-state index is 6.14. The van der Waals surface area contributed by atoms with Crippen molar-refractivity contribution in [1.29, 1.82) is 0 Å². The van der Waals surface area contributed by atoms with E-state index >= 15 is 0 Å². The third-order valence-electron chi connectivity index (χ3n) is 3.16. The highest BCUT2D eigenvalue weighted by atomic mass is 35.5. The summed E-state index contributed by atoms with van der Waals surface area (Å²) in [6.07, 6.45) is 0. The van der Waals surface area contributed by atoms with Crippen LogP contribution in [0.3, 0.4) is 0 Å². The van der Waals surface area contributed by atoms with Crippen LogP contribution in [0.5, 0.6) is 5.75 Å². The fourth-order valence-corrected chi connectivity index (χ4v) is 2.13. The van der Waals surface area contributed by atoms with E-state index < -0.39 is 0 Å². The molecule has 2 aromatic rings. The van der Waals surface area contributed by atoms with Gasteiger partial charge >= 0.3 is 0 Å². The minimum Gasteiger partial charge on any atom is -0.492 e. The number of nitrogens with one attached hydrogen (secondary N) is 1. The number of ether oxygens (including phenoxy) is 1. The Bertz CT molecular complexity index is 555. The van der Waals surface area contributed by atoms with E-state index in [1.165, 1.54) is 5.56 Å². The summed E-state index contributed by atoms with van der Waals surface area (Å²) in [5.74, 6) is 0.870. The Hall–Kier alpha value is -1.67. The molecule has 2 rings (SSSR count). The second-order valence-electron chi connectivity index (χ2n) is 5.01. The first-order valence-corrected chi connectivity index (χ1v) is 7.14. The molecule has 0 amide bonds. The van der Waals surface area contributed by atoms with Gasteiger partial charge in [-0.1, -0.05) is 29.3 Å². The number of rotatable bonds is 5. The molecule has 0 saturated heterocycles. The van der Waals surface area contributed by atoms with E-state index in [-0.39, 0.29) is 0 Å². The van der Waals surface area contributed by atoms with E-state index in [0.717, 1.165) is 34.1 Å². The third kappa shape index (κ3) is 3.91. The minimum absolute atomic E-state index is 0.619. The first-order valence-electron chi connectivity index (χ1n) is 6.76. The van der Waals surface area contributed by atoms with Gasteiger partial charge in [-0.2, -0.15) is 0 Å². The van der Waals surface area contributed by atoms with Crippen molar-refractivity contribution in [3.63, 3.8) is 0 Å². The average molecular weight is 290 g/mol. The van der Waals surface area contributed by atoms with E-state index in [0.29, 0.717) is 6.61 Å². The third-order valence-corrected chi connectivity index (χ3v) is 3.76. The van der Waals surface area contributed by atoms with Gasteiger partial charge in [0.2, 0.25) is 0 Å². The predicted molar refractivity (Wildman–Crippen MR) is 86.1 cm³/mol. The van der Waals surface area contributed by atoms with Crippen molar-refractivity contribution in [2.75, 3.05) is 18.5 Å². The Balaban J connectivity index is 1.83. The summed E-state index contributed by atoms with van der Waals surface area (Å²) in [6.45, 7) is 7.45. The molecule has 0 bridgehead atoms. The zero-order valence-electron chi connectivity index (χ0n) is 12.2. The SMILES string of the molecule is Cc1ccc(NCCOc2cc(C)c(Cl)c(C)c2)cc1. The van der Waals surface area contributed by atoms with E-state index in [1.807, 2.05) is 26.0 Å². The lowest BCUT2D eigenvalue weighted by Gasteiger charge is -2.11. The lowest BCUT2D eigenvalue weighted by Crippen LogP contribution is -2.11. The molecule has 0 fully saturated rings. The first kappa shape index (κ1) is 14.7. The molecule has 0 spiro atoms. The normalized spacial score (nSPS) is 10.4. The Labute approximate surface area is 125 Å². The molecule has 0 unspecified atom stereocenters. The van der Waals surface area contributed by atoms with Crippen molar-refractivity contribution < 1.29 is 4.74 Å². The van der Waals surface area contributed by atoms with Gasteiger partial charge < -0.3 is 10.1 Å². The topological polar surface area (TPSA) is 21.3 Å². The fraction of sp³-hybridized carbons (Fsp3) is 0.294. The van der Waals surface area contributed by atoms with Crippen LogP contribution in [0.4, 0.5) is 5.69 Å². The largest absolute Gasteiger partial charge is 0.492 e. The summed E-state index contributed by atoms with van der Waals surface area (Å²) in [4.78, 5) is 0. The molecule has 0 aliphatic carbocycles. The summed E-state index contributed by atoms with van der Waals surface area (Å²) in [6, 6.07) is 12.3. The quantitative estimate of drug-likeness (QED) is 0.802. The summed E-state index contributed by atoms with van der Waals surface area (Å²) < 4.78 is 5.75. The predicted octanol–water partition coefficient (Wildman–Crippen LogP) is 4.76. The molecule has 0 heterocycles. The van der Waals surface area contributed by atoms with Crippen molar-refractivity contribution in [1.82, 2.24) is 0 Å². The second kappa shape index (κ2) is 6.67. The summed E-state index contributed by atoms with van der Waals surface area (Å²) in [5, 5.41) is 4.15. The number of hydrogen-bond donors (Lipinski definition) is 1. The number of aryl methyl sites for hydroxylation is 3. The van der Waals surface area contributed by atoms with Crippen LogP contribution in [-0.2, 0) is 0 Å². The molecule has 0 atom stereocenters. The van der Waals surface area contributed by atoms with Crippen LogP contribution < -0.4 is 10.1 Å². The number of hydrogen-bond acceptors (Lipinski definition) is 2. The molecule has 3 heteroatoms. The summed E-state index contributed by atoms with van der Waals surface area (Å²) >= 11 is 6.14. The van der Waals surface area contributed by atoms with Gasteiger partial charge in [-0.15, -0.1) is 0 Å². The molecule has 0 aliphatic heterocycles. The van der Waals surface area contributed by atoms with Gasteiger partial charge in [0.25, 0.3) is 0 Å². The van der Waals surface area contributed by atoms with Gasteiger partial charge in [0.15, 0.2) is 0 Å². The van der Waals surface area contributed by atoms with Crippen LogP contribution in [0.25, 0.3) is 0 Å². The van der Waals surface area contributed by atoms with Crippen LogP contribution in [0.2, 0.25) is 5.02 Å². The van der Waals surface area contributed by atoms with Crippen molar-refractivity contribution in [2.45, 2.75) is 20.8 Å². The van der Waals surface area contributed by atoms with Gasteiger partial charge in [-0.05, 0) is 56.2 Å². The molecule has 2 nitrogen and oxygen atoms in total. The molecule has 0 aliphatic rings. The maximum Gasteiger partial charge on any atom is 0.120 e. The zero-order valence-corrected chi connectivity index (χ0v) is 12.9. The van der Waals surface area contributed by atoms with Gasteiger partial charge in [0.05, 0.1) is 0 Å². The molecule has 20 heavy (non-hydrogen) atoms. The Morgan fingerprint density at radius 1 is 1.00 bits per heavy atom. The van der Waals surface area contributed by atoms with Crippen molar-refractivity contribution >= 4 is 17.3 Å². The highest BCUT2D eigenvalue weighted by Crippen LogP contribution is 2.25. The van der Waals surface area contributed by atoms with Crippen LogP contribution >= 0.6 is 11.6 Å². The molecular weight excluding hydrogens is 270 g/mol. The molecule has 106 valence electrons. The monoisotopic (exact) mass is 289 g/mol. The molecule has 0 radical (unpaired) electrons. The lowest BCUT2D eigenvalue weighted by atomic mass is 10.1. The fourth-order valence-electron chi connectivity index (χ4n) is 2.03. The van der Waals surface area contributed by atoms with Gasteiger partial charge in [0, 0.05) is 17.3 Å². The highest BCUT2D eigenvalue weighted by Gasteiger charge is 2.03. The average Bonchev–Trinajstić information content (AvgIpc) is 2.43. The van der Waals surface area contributed by atoms with Crippen molar-refractivity contribution in [3.8, 4) is 5.75 Å². The molecule has 0 saturated carbocycles.